The fourth-order valence-corrected chi connectivity index (χ4v) is 3.82. The van der Waals surface area contributed by atoms with Crippen molar-refractivity contribution in [3.63, 3.8) is 0 Å². The number of hydrogen-bond acceptors (Lipinski definition) is 8. The molecular formula is C24H25Cl2N3O7. The van der Waals surface area contributed by atoms with Crippen molar-refractivity contribution in [1.29, 1.82) is 0 Å². The highest BCUT2D eigenvalue weighted by atomic mass is 35.5. The first-order valence-corrected chi connectivity index (χ1v) is 11.8. The number of unbranched alkanes of at least 4 members (excludes halogenated alkanes) is 2. The van der Waals surface area contributed by atoms with E-state index in [1.54, 1.807) is 12.1 Å². The number of carboxylic acid groups (broad SMARTS) is 1. The predicted molar refractivity (Wildman–Crippen MR) is 136 cm³/mol. The first-order valence-electron chi connectivity index (χ1n) is 11.1. The quantitative estimate of drug-likeness (QED) is 0.220. The molecule has 3 rings (SSSR count). The Morgan fingerprint density at radius 2 is 1.89 bits per heavy atom. The standard InChI is InChI=1S/C24H25Cl2N3O7/c1-13(24(32)33)28-19(30)6-4-3-5-9-35-23-18(34-2)8-7-14-17(10-20(31)36-22(14)23)29-21-15(25)11-27-12-16(21)26/h7-8,10-13H,3-6,9H2,1-2H3,(H,27,29)(H,28,30)(H,32,33)/t13-/m0/s1. The van der Waals surface area contributed by atoms with Gasteiger partial charge in [0.05, 0.1) is 35.1 Å². The van der Waals surface area contributed by atoms with Crippen LogP contribution in [0.1, 0.15) is 32.6 Å². The molecular weight excluding hydrogens is 513 g/mol. The summed E-state index contributed by atoms with van der Waals surface area (Å²) in [4.78, 5) is 38.9. The molecule has 12 heteroatoms. The molecule has 2 heterocycles. The molecule has 0 spiro atoms. The third-order valence-corrected chi connectivity index (χ3v) is 5.78. The Hall–Kier alpha value is -3.50. The Labute approximate surface area is 216 Å². The zero-order chi connectivity index (χ0) is 26.2. The second-order valence-corrected chi connectivity index (χ2v) is 8.66. The molecule has 0 fully saturated rings. The van der Waals surface area contributed by atoms with Gasteiger partial charge >= 0.3 is 11.6 Å². The van der Waals surface area contributed by atoms with Crippen molar-refractivity contribution >= 4 is 57.4 Å². The highest BCUT2D eigenvalue weighted by Gasteiger charge is 2.18. The molecule has 3 aromatic rings. The van der Waals surface area contributed by atoms with Crippen molar-refractivity contribution in [2.24, 2.45) is 0 Å². The summed E-state index contributed by atoms with van der Waals surface area (Å²) in [6.45, 7) is 1.68. The van der Waals surface area contributed by atoms with Crippen molar-refractivity contribution in [3.8, 4) is 11.5 Å². The fourth-order valence-electron chi connectivity index (χ4n) is 3.36. The Bertz CT molecular complexity index is 1290. The molecule has 0 saturated heterocycles. The van der Waals surface area contributed by atoms with Crippen LogP contribution in [0.25, 0.3) is 11.0 Å². The highest BCUT2D eigenvalue weighted by Crippen LogP contribution is 2.40. The van der Waals surface area contributed by atoms with Crippen molar-refractivity contribution in [1.82, 2.24) is 10.3 Å². The van der Waals surface area contributed by atoms with Crippen LogP contribution < -0.4 is 25.7 Å². The van der Waals surface area contributed by atoms with Crippen LogP contribution in [0.4, 0.5) is 11.4 Å². The maximum atomic E-state index is 12.4. The molecule has 36 heavy (non-hydrogen) atoms. The number of carbonyl (C=O) groups excluding carboxylic acids is 1. The first kappa shape index (κ1) is 27.1. The van der Waals surface area contributed by atoms with Gasteiger partial charge < -0.3 is 29.6 Å². The second-order valence-electron chi connectivity index (χ2n) is 7.84. The summed E-state index contributed by atoms with van der Waals surface area (Å²) in [5.41, 5.74) is 0.365. The SMILES string of the molecule is COc1ccc2c(Nc3c(Cl)cncc3Cl)cc(=O)oc2c1OCCCCCC(=O)N[C@@H](C)C(=O)O. The minimum absolute atomic E-state index is 0.188. The van der Waals surface area contributed by atoms with Crippen LogP contribution in [0, 0.1) is 0 Å². The van der Waals surface area contributed by atoms with E-state index in [2.05, 4.69) is 15.6 Å². The summed E-state index contributed by atoms with van der Waals surface area (Å²) in [6.07, 6.45) is 4.89. The van der Waals surface area contributed by atoms with Crippen LogP contribution in [0.3, 0.4) is 0 Å². The zero-order valence-electron chi connectivity index (χ0n) is 19.6. The van der Waals surface area contributed by atoms with Crippen LogP contribution in [0.15, 0.2) is 39.8 Å². The summed E-state index contributed by atoms with van der Waals surface area (Å²) >= 11 is 12.4. The van der Waals surface area contributed by atoms with E-state index in [0.717, 1.165) is 0 Å². The Morgan fingerprint density at radius 3 is 2.56 bits per heavy atom. The number of carbonyl (C=O) groups is 2. The van der Waals surface area contributed by atoms with Crippen molar-refractivity contribution < 1.29 is 28.6 Å². The number of nitrogens with one attached hydrogen (secondary N) is 2. The van der Waals surface area contributed by atoms with E-state index in [1.807, 2.05) is 0 Å². The van der Waals surface area contributed by atoms with Crippen LogP contribution in [-0.2, 0) is 9.59 Å². The predicted octanol–water partition coefficient (Wildman–Crippen LogP) is 4.78. The molecule has 2 aromatic heterocycles. The van der Waals surface area contributed by atoms with Crippen LogP contribution in [-0.4, -0.2) is 41.7 Å². The zero-order valence-corrected chi connectivity index (χ0v) is 21.1. The fraction of sp³-hybridized carbons (Fsp3) is 0.333. The number of hydrogen-bond donors (Lipinski definition) is 3. The molecule has 0 aliphatic carbocycles. The van der Waals surface area contributed by atoms with Gasteiger partial charge in [0.1, 0.15) is 6.04 Å². The lowest BCUT2D eigenvalue weighted by Crippen LogP contribution is -2.38. The van der Waals surface area contributed by atoms with Gasteiger partial charge in [0.15, 0.2) is 11.3 Å². The molecule has 0 unspecified atom stereocenters. The largest absolute Gasteiger partial charge is 0.493 e. The highest BCUT2D eigenvalue weighted by molar-refractivity contribution is 6.39. The maximum absolute atomic E-state index is 12.4. The lowest BCUT2D eigenvalue weighted by atomic mass is 10.1. The van der Waals surface area contributed by atoms with Gasteiger partial charge in [0.25, 0.3) is 0 Å². The van der Waals surface area contributed by atoms with E-state index in [0.29, 0.717) is 41.8 Å². The summed E-state index contributed by atoms with van der Waals surface area (Å²) < 4.78 is 16.8. The molecule has 0 bridgehead atoms. The Morgan fingerprint density at radius 1 is 1.17 bits per heavy atom. The maximum Gasteiger partial charge on any atom is 0.338 e. The molecule has 1 atom stereocenters. The number of carboxylic acids is 1. The number of halogens is 2. The van der Waals surface area contributed by atoms with Crippen LogP contribution >= 0.6 is 23.2 Å². The van der Waals surface area contributed by atoms with Gasteiger partial charge in [-0.25, -0.2) is 4.79 Å². The second kappa shape index (κ2) is 12.5. The molecule has 0 saturated carbocycles. The first-order chi connectivity index (χ1) is 17.2. The minimum atomic E-state index is -1.09. The van der Waals surface area contributed by atoms with E-state index in [4.69, 9.17) is 42.2 Å². The summed E-state index contributed by atoms with van der Waals surface area (Å²) in [6, 6.07) is 3.75. The third kappa shape index (κ3) is 6.79. The third-order valence-electron chi connectivity index (χ3n) is 5.21. The number of nitrogens with zero attached hydrogens (tertiary/aromatic N) is 1. The van der Waals surface area contributed by atoms with E-state index in [1.165, 1.54) is 32.5 Å². The van der Waals surface area contributed by atoms with E-state index >= 15 is 0 Å². The van der Waals surface area contributed by atoms with Crippen LogP contribution in [0.5, 0.6) is 11.5 Å². The number of anilines is 2. The van der Waals surface area contributed by atoms with Gasteiger partial charge in [0, 0.05) is 30.3 Å². The summed E-state index contributed by atoms with van der Waals surface area (Å²) in [7, 11) is 1.47. The monoisotopic (exact) mass is 537 g/mol. The molecule has 1 amide bonds. The van der Waals surface area contributed by atoms with Crippen LogP contribution in [0.2, 0.25) is 10.0 Å². The van der Waals surface area contributed by atoms with Gasteiger partial charge in [-0.05, 0) is 38.3 Å². The van der Waals surface area contributed by atoms with Gasteiger partial charge in [-0.15, -0.1) is 0 Å². The lowest BCUT2D eigenvalue weighted by molar-refractivity contribution is -0.141. The number of pyridine rings is 1. The van der Waals surface area contributed by atoms with Crippen molar-refractivity contribution in [2.45, 2.75) is 38.6 Å². The van der Waals surface area contributed by atoms with E-state index in [9.17, 15) is 14.4 Å². The van der Waals surface area contributed by atoms with E-state index in [-0.39, 0.29) is 40.3 Å². The molecule has 192 valence electrons. The normalized spacial score (nSPS) is 11.7. The Balaban J connectivity index is 1.71. The van der Waals surface area contributed by atoms with Gasteiger partial charge in [-0.1, -0.05) is 23.2 Å². The van der Waals surface area contributed by atoms with Gasteiger partial charge in [-0.3, -0.25) is 14.6 Å². The molecule has 0 aliphatic heterocycles. The number of ether oxygens (including phenoxy) is 2. The topological polar surface area (TPSA) is 140 Å². The number of amides is 1. The molecule has 0 radical (unpaired) electrons. The molecule has 1 aromatic carbocycles. The lowest BCUT2D eigenvalue weighted by Gasteiger charge is -2.15. The molecule has 0 aliphatic rings. The number of methoxy groups -OCH3 is 1. The number of aromatic nitrogens is 1. The van der Waals surface area contributed by atoms with Gasteiger partial charge in [0.2, 0.25) is 11.7 Å². The number of rotatable bonds is 12. The number of fused-ring (bicyclic) bond motifs is 1. The average molecular weight is 538 g/mol. The average Bonchev–Trinajstić information content (AvgIpc) is 2.83. The molecule has 10 nitrogen and oxygen atoms in total. The number of benzene rings is 1. The summed E-state index contributed by atoms with van der Waals surface area (Å²) in [5, 5.41) is 15.4. The van der Waals surface area contributed by atoms with Gasteiger partial charge in [-0.2, -0.15) is 0 Å². The Kier molecular flexibility index (Phi) is 9.38. The number of aliphatic carboxylic acids is 1. The van der Waals surface area contributed by atoms with Crippen molar-refractivity contribution in [2.75, 3.05) is 19.0 Å². The van der Waals surface area contributed by atoms with E-state index < -0.39 is 17.6 Å². The summed E-state index contributed by atoms with van der Waals surface area (Å²) in [5.74, 6) is -0.768. The smallest absolute Gasteiger partial charge is 0.338 e. The minimum Gasteiger partial charge on any atom is -0.493 e. The van der Waals surface area contributed by atoms with Crippen molar-refractivity contribution in [3.05, 3.63) is 51.1 Å². The molecule has 3 N–H and O–H groups in total.